The third-order valence-corrected chi connectivity index (χ3v) is 2.22. The summed E-state index contributed by atoms with van der Waals surface area (Å²) in [5.74, 6) is 0.838. The summed E-state index contributed by atoms with van der Waals surface area (Å²) in [6.07, 6.45) is 2.43. The van der Waals surface area contributed by atoms with E-state index in [2.05, 4.69) is 10.4 Å². The molecule has 0 bridgehead atoms. The SMILES string of the molecule is Cl.FC(F)Cn1cc(CNCc2ccco2)cn1. The Balaban J connectivity index is 0.00000162. The van der Waals surface area contributed by atoms with Crippen molar-refractivity contribution in [3.05, 3.63) is 42.1 Å². The number of nitrogens with one attached hydrogen (secondary N) is 1. The van der Waals surface area contributed by atoms with E-state index >= 15 is 0 Å². The monoisotopic (exact) mass is 277 g/mol. The van der Waals surface area contributed by atoms with Crippen molar-refractivity contribution < 1.29 is 13.2 Å². The molecule has 0 atom stereocenters. The van der Waals surface area contributed by atoms with E-state index in [-0.39, 0.29) is 19.0 Å². The molecule has 0 spiro atoms. The molecule has 0 aromatic carbocycles. The number of nitrogens with zero attached hydrogens (tertiary/aromatic N) is 2. The fraction of sp³-hybridized carbons (Fsp3) is 0.364. The number of rotatable bonds is 6. The molecule has 0 saturated heterocycles. The summed E-state index contributed by atoms with van der Waals surface area (Å²) >= 11 is 0. The summed E-state index contributed by atoms with van der Waals surface area (Å²) in [5, 5.41) is 6.98. The van der Waals surface area contributed by atoms with Gasteiger partial charge in [-0.2, -0.15) is 5.10 Å². The van der Waals surface area contributed by atoms with Crippen LogP contribution in [0, 0.1) is 0 Å². The smallest absolute Gasteiger partial charge is 0.257 e. The van der Waals surface area contributed by atoms with Crippen LogP contribution in [0.3, 0.4) is 0 Å². The second-order valence-electron chi connectivity index (χ2n) is 3.64. The van der Waals surface area contributed by atoms with Crippen molar-refractivity contribution in [2.75, 3.05) is 0 Å². The van der Waals surface area contributed by atoms with Gasteiger partial charge in [0, 0.05) is 18.3 Å². The van der Waals surface area contributed by atoms with Gasteiger partial charge in [-0.3, -0.25) is 4.68 Å². The molecule has 0 aliphatic heterocycles. The summed E-state index contributed by atoms with van der Waals surface area (Å²) in [4.78, 5) is 0. The standard InChI is InChI=1S/C11H13F2N3O.ClH/c12-11(13)8-16-7-9(5-15-16)4-14-6-10-2-1-3-17-10;/h1-3,5,7,11,14H,4,6,8H2;1H. The maximum Gasteiger partial charge on any atom is 0.257 e. The van der Waals surface area contributed by atoms with Gasteiger partial charge in [0.05, 0.1) is 19.0 Å². The van der Waals surface area contributed by atoms with Crippen LogP contribution in [0.5, 0.6) is 0 Å². The van der Waals surface area contributed by atoms with E-state index in [4.69, 9.17) is 4.42 Å². The molecule has 0 amide bonds. The van der Waals surface area contributed by atoms with Gasteiger partial charge in [-0.05, 0) is 12.1 Å². The Kier molecular flexibility index (Phi) is 5.80. The molecule has 7 heteroatoms. The minimum absolute atomic E-state index is 0. The Hall–Kier alpha value is -1.40. The normalized spacial score (nSPS) is 10.6. The Labute approximate surface area is 109 Å². The highest BCUT2D eigenvalue weighted by Crippen LogP contribution is 2.03. The van der Waals surface area contributed by atoms with E-state index in [1.54, 1.807) is 18.7 Å². The first-order valence-corrected chi connectivity index (χ1v) is 5.26. The lowest BCUT2D eigenvalue weighted by Crippen LogP contribution is -2.11. The van der Waals surface area contributed by atoms with E-state index < -0.39 is 6.43 Å². The number of hydrogen-bond acceptors (Lipinski definition) is 3. The molecular formula is C11H14ClF2N3O. The quantitative estimate of drug-likeness (QED) is 0.882. The van der Waals surface area contributed by atoms with Crippen molar-refractivity contribution in [2.45, 2.75) is 26.1 Å². The second kappa shape index (κ2) is 7.13. The van der Waals surface area contributed by atoms with Crippen molar-refractivity contribution in [3.63, 3.8) is 0 Å². The van der Waals surface area contributed by atoms with Gasteiger partial charge in [-0.25, -0.2) is 8.78 Å². The highest BCUT2D eigenvalue weighted by molar-refractivity contribution is 5.85. The summed E-state index contributed by atoms with van der Waals surface area (Å²) in [6.45, 7) is 0.815. The molecule has 2 heterocycles. The van der Waals surface area contributed by atoms with Gasteiger partial charge in [-0.15, -0.1) is 12.4 Å². The first-order chi connectivity index (χ1) is 8.24. The van der Waals surface area contributed by atoms with Crippen LogP contribution in [0.2, 0.25) is 0 Å². The van der Waals surface area contributed by atoms with E-state index in [0.29, 0.717) is 13.1 Å². The zero-order valence-electron chi connectivity index (χ0n) is 9.55. The first-order valence-electron chi connectivity index (χ1n) is 5.26. The molecule has 4 nitrogen and oxygen atoms in total. The predicted octanol–water partition coefficient (Wildman–Crippen LogP) is 2.45. The van der Waals surface area contributed by atoms with Crippen LogP contribution in [0.15, 0.2) is 35.2 Å². The summed E-state index contributed by atoms with van der Waals surface area (Å²) in [5.41, 5.74) is 0.872. The maximum atomic E-state index is 12.1. The lowest BCUT2D eigenvalue weighted by Gasteiger charge is -2.00. The molecule has 0 saturated carbocycles. The zero-order chi connectivity index (χ0) is 12.1. The van der Waals surface area contributed by atoms with Crippen molar-refractivity contribution in [2.24, 2.45) is 0 Å². The Morgan fingerprint density at radius 1 is 1.39 bits per heavy atom. The average molecular weight is 278 g/mol. The van der Waals surface area contributed by atoms with E-state index in [1.807, 2.05) is 12.1 Å². The third-order valence-electron chi connectivity index (χ3n) is 2.22. The Morgan fingerprint density at radius 3 is 2.89 bits per heavy atom. The average Bonchev–Trinajstić information content (AvgIpc) is 2.89. The zero-order valence-corrected chi connectivity index (χ0v) is 10.4. The lowest BCUT2D eigenvalue weighted by molar-refractivity contribution is 0.122. The Morgan fingerprint density at radius 2 is 2.22 bits per heavy atom. The minimum Gasteiger partial charge on any atom is -0.468 e. The molecule has 0 fully saturated rings. The molecule has 18 heavy (non-hydrogen) atoms. The van der Waals surface area contributed by atoms with E-state index in [9.17, 15) is 8.78 Å². The van der Waals surface area contributed by atoms with Crippen LogP contribution in [-0.2, 0) is 19.6 Å². The molecule has 2 aromatic heterocycles. The topological polar surface area (TPSA) is 43.0 Å². The van der Waals surface area contributed by atoms with Gasteiger partial charge in [-0.1, -0.05) is 0 Å². The van der Waals surface area contributed by atoms with Crippen LogP contribution in [0.25, 0.3) is 0 Å². The summed E-state index contributed by atoms with van der Waals surface area (Å²) < 4.78 is 30.5. The van der Waals surface area contributed by atoms with E-state index in [1.165, 1.54) is 4.68 Å². The van der Waals surface area contributed by atoms with Crippen molar-refractivity contribution >= 4 is 12.4 Å². The van der Waals surface area contributed by atoms with Gasteiger partial charge >= 0.3 is 0 Å². The van der Waals surface area contributed by atoms with Gasteiger partial charge in [0.15, 0.2) is 0 Å². The van der Waals surface area contributed by atoms with Crippen molar-refractivity contribution in [1.82, 2.24) is 15.1 Å². The molecule has 2 aromatic rings. The predicted molar refractivity (Wildman–Crippen MR) is 64.7 cm³/mol. The Bertz CT molecular complexity index is 445. The maximum absolute atomic E-state index is 12.1. The fourth-order valence-corrected chi connectivity index (χ4v) is 1.48. The molecule has 0 radical (unpaired) electrons. The number of alkyl halides is 2. The molecule has 0 aliphatic carbocycles. The summed E-state index contributed by atoms with van der Waals surface area (Å²) in [6, 6.07) is 3.69. The molecule has 1 N–H and O–H groups in total. The molecule has 2 rings (SSSR count). The van der Waals surface area contributed by atoms with Gasteiger partial charge in [0.1, 0.15) is 12.3 Å². The fourth-order valence-electron chi connectivity index (χ4n) is 1.48. The highest BCUT2D eigenvalue weighted by Gasteiger charge is 2.05. The van der Waals surface area contributed by atoms with E-state index in [0.717, 1.165) is 11.3 Å². The largest absolute Gasteiger partial charge is 0.468 e. The first kappa shape index (κ1) is 14.7. The van der Waals surface area contributed by atoms with Crippen LogP contribution >= 0.6 is 12.4 Å². The van der Waals surface area contributed by atoms with Crippen LogP contribution in [-0.4, -0.2) is 16.2 Å². The molecule has 100 valence electrons. The third kappa shape index (κ3) is 4.46. The molecule has 0 aliphatic rings. The number of hydrogen-bond donors (Lipinski definition) is 1. The van der Waals surface area contributed by atoms with Gasteiger partial charge in [0.2, 0.25) is 0 Å². The van der Waals surface area contributed by atoms with Gasteiger partial charge in [0.25, 0.3) is 6.43 Å². The van der Waals surface area contributed by atoms with Crippen LogP contribution < -0.4 is 5.32 Å². The van der Waals surface area contributed by atoms with Crippen LogP contribution in [0.1, 0.15) is 11.3 Å². The summed E-state index contributed by atoms with van der Waals surface area (Å²) in [7, 11) is 0. The number of furan rings is 1. The lowest BCUT2D eigenvalue weighted by atomic mass is 10.3. The number of halogens is 3. The second-order valence-corrected chi connectivity index (χ2v) is 3.64. The molecular weight excluding hydrogens is 264 g/mol. The highest BCUT2D eigenvalue weighted by atomic mass is 35.5. The van der Waals surface area contributed by atoms with Gasteiger partial charge < -0.3 is 9.73 Å². The van der Waals surface area contributed by atoms with Crippen LogP contribution in [0.4, 0.5) is 8.78 Å². The van der Waals surface area contributed by atoms with Crippen molar-refractivity contribution in [3.8, 4) is 0 Å². The molecule has 0 unspecified atom stereocenters. The number of aromatic nitrogens is 2. The minimum atomic E-state index is -2.38. The van der Waals surface area contributed by atoms with Crippen molar-refractivity contribution in [1.29, 1.82) is 0 Å².